The average molecular weight is 824 g/mol. The molecule has 4 saturated heterocycles. The number of halogens is 2. The van der Waals surface area contributed by atoms with Crippen molar-refractivity contribution in [3.63, 3.8) is 0 Å². The van der Waals surface area contributed by atoms with Gasteiger partial charge in [-0.3, -0.25) is 39.1 Å². The molecule has 5 fully saturated rings. The first-order valence-electron chi connectivity index (χ1n) is 20.3. The molecule has 1 aromatic heterocycles. The Balaban J connectivity index is 0.727. The van der Waals surface area contributed by atoms with E-state index in [1.807, 2.05) is 11.0 Å². The summed E-state index contributed by atoms with van der Waals surface area (Å²) in [5.74, 6) is -1.30. The Bertz CT molecular complexity index is 2240. The van der Waals surface area contributed by atoms with Crippen LogP contribution in [0.1, 0.15) is 88.1 Å². The Morgan fingerprint density at radius 2 is 1.59 bits per heavy atom. The second-order valence-electron chi connectivity index (χ2n) is 16.5. The summed E-state index contributed by atoms with van der Waals surface area (Å²) in [5.41, 5.74) is 0.995. The molecular weight excluding hydrogens is 781 g/mol. The van der Waals surface area contributed by atoms with Crippen molar-refractivity contribution in [3.8, 4) is 11.8 Å². The van der Waals surface area contributed by atoms with Gasteiger partial charge in [0.25, 0.3) is 17.7 Å². The molecule has 1 aliphatic carbocycles. The number of fused-ring (bicyclic) bond motifs is 2. The van der Waals surface area contributed by atoms with Crippen LogP contribution in [-0.2, 0) is 9.59 Å². The van der Waals surface area contributed by atoms with Crippen molar-refractivity contribution < 1.29 is 33.1 Å². The van der Waals surface area contributed by atoms with E-state index in [4.69, 9.17) is 21.6 Å². The van der Waals surface area contributed by atoms with E-state index < -0.39 is 35.5 Å². The monoisotopic (exact) mass is 823 g/mol. The number of benzene rings is 2. The quantitative estimate of drug-likeness (QED) is 0.315. The Morgan fingerprint density at radius 1 is 0.881 bits per heavy atom. The summed E-state index contributed by atoms with van der Waals surface area (Å²) < 4.78 is 21.6. The lowest BCUT2D eigenvalue weighted by Gasteiger charge is -2.37. The molecule has 1 saturated carbocycles. The summed E-state index contributed by atoms with van der Waals surface area (Å²) in [4.78, 5) is 80.3. The molecule has 0 radical (unpaired) electrons. The van der Waals surface area contributed by atoms with E-state index in [1.165, 1.54) is 6.07 Å². The van der Waals surface area contributed by atoms with E-state index in [0.717, 1.165) is 81.5 Å². The molecule has 15 nitrogen and oxygen atoms in total. The summed E-state index contributed by atoms with van der Waals surface area (Å²) in [6, 6.07) is 8.99. The predicted molar refractivity (Wildman–Crippen MR) is 211 cm³/mol. The van der Waals surface area contributed by atoms with E-state index in [0.29, 0.717) is 47.3 Å². The molecule has 6 heterocycles. The van der Waals surface area contributed by atoms with Crippen LogP contribution in [0.25, 0.3) is 0 Å². The molecule has 6 aliphatic rings. The third-order valence-corrected chi connectivity index (χ3v) is 13.2. The number of hydrogen-bond acceptors (Lipinski definition) is 12. The molecule has 59 heavy (non-hydrogen) atoms. The minimum Gasteiger partial charge on any atom is -0.490 e. The minimum atomic E-state index is -1.10. The third-order valence-electron chi connectivity index (χ3n) is 12.9. The van der Waals surface area contributed by atoms with E-state index in [-0.39, 0.29) is 53.4 Å². The number of carbonyl (C=O) groups is 5. The first kappa shape index (κ1) is 38.8. The van der Waals surface area contributed by atoms with Gasteiger partial charge in [0.2, 0.25) is 11.8 Å². The van der Waals surface area contributed by atoms with Crippen LogP contribution in [-0.4, -0.2) is 113 Å². The van der Waals surface area contributed by atoms with Crippen LogP contribution in [0.15, 0.2) is 42.7 Å². The number of rotatable bonds is 8. The first-order chi connectivity index (χ1) is 28.5. The zero-order chi connectivity index (χ0) is 40.9. The van der Waals surface area contributed by atoms with Gasteiger partial charge in [0.05, 0.1) is 45.9 Å². The highest BCUT2D eigenvalue weighted by molar-refractivity contribution is 6.31. The Kier molecular flexibility index (Phi) is 10.4. The highest BCUT2D eigenvalue weighted by Crippen LogP contribution is 2.39. The lowest BCUT2D eigenvalue weighted by atomic mass is 9.93. The van der Waals surface area contributed by atoms with Crippen LogP contribution in [0, 0.1) is 29.0 Å². The summed E-state index contributed by atoms with van der Waals surface area (Å²) in [7, 11) is 0. The number of nitrogens with one attached hydrogen (secondary N) is 2. The number of anilines is 2. The highest BCUT2D eigenvalue weighted by atomic mass is 35.5. The molecule has 0 spiro atoms. The van der Waals surface area contributed by atoms with Crippen LogP contribution >= 0.6 is 11.6 Å². The van der Waals surface area contributed by atoms with Gasteiger partial charge in [0, 0.05) is 63.8 Å². The van der Waals surface area contributed by atoms with E-state index in [9.17, 15) is 24.0 Å². The lowest BCUT2D eigenvalue weighted by molar-refractivity contribution is -0.136. The molecule has 306 valence electrons. The van der Waals surface area contributed by atoms with Crippen LogP contribution in [0.2, 0.25) is 5.02 Å². The fraction of sp³-hybridized carbons (Fsp3) is 0.476. The second-order valence-corrected chi connectivity index (χ2v) is 16.9. The molecule has 3 unspecified atom stereocenters. The molecular formula is C42H43ClFN9O6. The number of likely N-dealkylation sites (tertiary alicyclic amines) is 1. The van der Waals surface area contributed by atoms with Gasteiger partial charge < -0.3 is 19.9 Å². The van der Waals surface area contributed by atoms with Crippen molar-refractivity contribution in [2.75, 3.05) is 49.1 Å². The molecule has 3 atom stereocenters. The third kappa shape index (κ3) is 7.57. The molecule has 17 heteroatoms. The van der Waals surface area contributed by atoms with E-state index in [1.54, 1.807) is 30.6 Å². The standard InChI is InChI=1S/C42H43ClFN9O6/c43-32-13-29(4-1-23(32)16-45)59-28-5-2-26(3-6-28)48-39(55)34-17-47-37(18-46-34)50-11-9-27(10-12-50)51-19-24-21-52(22-25(24)20-51)36-15-31-30(14-33(36)44)41(57)53(42(31)58)35-7-8-38(54)49-40(35)56/h1,4,13-15,17-18,24-28,35H,2-3,5-12,19-22H2,(H,48,55)(H,49,54,56). The van der Waals surface area contributed by atoms with E-state index >= 15 is 4.39 Å². The summed E-state index contributed by atoms with van der Waals surface area (Å²) in [6.07, 6.45) is 8.28. The van der Waals surface area contributed by atoms with E-state index in [2.05, 4.69) is 30.4 Å². The highest BCUT2D eigenvalue weighted by Gasteiger charge is 2.47. The van der Waals surface area contributed by atoms with Gasteiger partial charge in [-0.1, -0.05) is 11.6 Å². The molecule has 5 aliphatic heterocycles. The zero-order valence-electron chi connectivity index (χ0n) is 32.2. The van der Waals surface area contributed by atoms with Crippen LogP contribution in [0.4, 0.5) is 15.9 Å². The molecule has 2 aromatic carbocycles. The average Bonchev–Trinajstić information content (AvgIpc) is 3.89. The molecule has 5 amide bonds. The SMILES string of the molecule is N#Cc1ccc(OC2CCC(NC(=O)c3cnc(N4CCC(N5CC6CN(c7cc8c(cc7F)C(=O)N(C7CCC(=O)NC7=O)C8=O)CC6C5)CC4)cn3)CC2)cc1Cl. The fourth-order valence-electron chi connectivity index (χ4n) is 9.74. The van der Waals surface area contributed by atoms with Gasteiger partial charge in [0.15, 0.2) is 0 Å². The fourth-order valence-corrected chi connectivity index (χ4v) is 9.96. The van der Waals surface area contributed by atoms with Crippen molar-refractivity contribution in [1.82, 2.24) is 30.4 Å². The zero-order valence-corrected chi connectivity index (χ0v) is 33.0. The van der Waals surface area contributed by atoms with Crippen LogP contribution < -0.4 is 25.2 Å². The largest absolute Gasteiger partial charge is 0.490 e. The lowest BCUT2D eigenvalue weighted by Crippen LogP contribution is -2.54. The number of aromatic nitrogens is 2. The Hall–Kier alpha value is -5.66. The summed E-state index contributed by atoms with van der Waals surface area (Å²) >= 11 is 6.14. The number of piperidine rings is 2. The van der Waals surface area contributed by atoms with Gasteiger partial charge in [-0.05, 0) is 81.0 Å². The smallest absolute Gasteiger partial charge is 0.271 e. The first-order valence-corrected chi connectivity index (χ1v) is 20.7. The number of nitrogens with zero attached hydrogens (tertiary/aromatic N) is 7. The second kappa shape index (κ2) is 15.8. The van der Waals surface area contributed by atoms with Crippen LogP contribution in [0.3, 0.4) is 0 Å². The molecule has 9 rings (SSSR count). The van der Waals surface area contributed by atoms with Gasteiger partial charge in [-0.15, -0.1) is 0 Å². The summed E-state index contributed by atoms with van der Waals surface area (Å²) in [6.45, 7) is 4.68. The Labute approximate surface area is 344 Å². The number of hydrogen-bond donors (Lipinski definition) is 2. The number of imide groups is 2. The van der Waals surface area contributed by atoms with Gasteiger partial charge >= 0.3 is 0 Å². The molecule has 2 N–H and O–H groups in total. The Morgan fingerprint density at radius 3 is 2.24 bits per heavy atom. The number of amides is 5. The minimum absolute atomic E-state index is 0.00552. The maximum absolute atomic E-state index is 15.6. The van der Waals surface area contributed by atoms with Crippen molar-refractivity contribution in [1.29, 1.82) is 5.26 Å². The van der Waals surface area contributed by atoms with Gasteiger partial charge in [0.1, 0.15) is 35.2 Å². The van der Waals surface area contributed by atoms with Gasteiger partial charge in [-0.25, -0.2) is 14.4 Å². The number of carbonyl (C=O) groups excluding carboxylic acids is 5. The number of ether oxygens (including phenoxy) is 1. The molecule has 3 aromatic rings. The maximum atomic E-state index is 15.6. The van der Waals surface area contributed by atoms with Gasteiger partial charge in [-0.2, -0.15) is 5.26 Å². The van der Waals surface area contributed by atoms with Crippen molar-refractivity contribution >= 4 is 52.6 Å². The molecule has 0 bridgehead atoms. The van der Waals surface area contributed by atoms with Crippen molar-refractivity contribution in [2.45, 2.75) is 75.6 Å². The summed E-state index contributed by atoms with van der Waals surface area (Å²) in [5, 5.41) is 14.7. The predicted octanol–water partition coefficient (Wildman–Crippen LogP) is 3.70. The van der Waals surface area contributed by atoms with Crippen molar-refractivity contribution in [3.05, 3.63) is 75.9 Å². The topological polar surface area (TPSA) is 181 Å². The van der Waals surface area contributed by atoms with Crippen molar-refractivity contribution in [2.24, 2.45) is 11.8 Å². The normalized spacial score (nSPS) is 26.1. The number of nitriles is 1. The maximum Gasteiger partial charge on any atom is 0.271 e. The van der Waals surface area contributed by atoms with Crippen LogP contribution in [0.5, 0.6) is 5.75 Å².